The molecule has 1 aliphatic rings. The standard InChI is InChI=1S/C24H27N3O4S/c1-15(2)10-11-27-23(29)18-6-4-5-7-19(18)26-24(27)32-16(3)22(28)25-13-17-8-9-20-21(12-17)31-14-30-20/h4-9,12,15-16H,10-11,13-14H2,1-3H3,(H,25,28). The molecule has 1 N–H and O–H groups in total. The first-order valence-corrected chi connectivity index (χ1v) is 11.6. The van der Waals surface area contributed by atoms with E-state index in [0.717, 1.165) is 12.0 Å². The SMILES string of the molecule is CC(C)CCn1c(SC(C)C(=O)NCc2ccc3c(c2)OCO3)nc2ccccc2c1=O. The maximum Gasteiger partial charge on any atom is 0.262 e. The van der Waals surface area contributed by atoms with Crippen molar-refractivity contribution in [2.24, 2.45) is 5.92 Å². The number of nitrogens with zero attached hydrogens (tertiary/aromatic N) is 2. The van der Waals surface area contributed by atoms with Crippen molar-refractivity contribution in [1.82, 2.24) is 14.9 Å². The van der Waals surface area contributed by atoms with Crippen LogP contribution in [-0.4, -0.2) is 27.5 Å². The first-order chi connectivity index (χ1) is 15.4. The summed E-state index contributed by atoms with van der Waals surface area (Å²) in [5.74, 6) is 1.73. The van der Waals surface area contributed by atoms with Crippen LogP contribution in [0.15, 0.2) is 52.4 Å². The first kappa shape index (κ1) is 22.2. The second-order valence-electron chi connectivity index (χ2n) is 8.22. The molecule has 0 aliphatic carbocycles. The van der Waals surface area contributed by atoms with Gasteiger partial charge in [0.2, 0.25) is 12.7 Å². The van der Waals surface area contributed by atoms with Gasteiger partial charge in [0.1, 0.15) is 0 Å². The van der Waals surface area contributed by atoms with E-state index in [9.17, 15) is 9.59 Å². The molecule has 168 valence electrons. The van der Waals surface area contributed by atoms with Gasteiger partial charge in [-0.05, 0) is 49.1 Å². The third kappa shape index (κ3) is 4.91. The van der Waals surface area contributed by atoms with E-state index in [2.05, 4.69) is 19.2 Å². The number of rotatable bonds is 8. The summed E-state index contributed by atoms with van der Waals surface area (Å²) in [7, 11) is 0. The Morgan fingerprint density at radius 1 is 1.16 bits per heavy atom. The van der Waals surface area contributed by atoms with Gasteiger partial charge in [0.25, 0.3) is 5.56 Å². The predicted molar refractivity (Wildman–Crippen MR) is 125 cm³/mol. The highest BCUT2D eigenvalue weighted by molar-refractivity contribution is 8.00. The lowest BCUT2D eigenvalue weighted by molar-refractivity contribution is -0.120. The highest BCUT2D eigenvalue weighted by atomic mass is 32.2. The largest absolute Gasteiger partial charge is 0.454 e. The van der Waals surface area contributed by atoms with Gasteiger partial charge in [0.05, 0.1) is 16.2 Å². The first-order valence-electron chi connectivity index (χ1n) is 10.7. The maximum atomic E-state index is 13.1. The Morgan fingerprint density at radius 3 is 2.75 bits per heavy atom. The number of nitrogens with one attached hydrogen (secondary N) is 1. The molecule has 0 spiro atoms. The Labute approximate surface area is 191 Å². The van der Waals surface area contributed by atoms with Crippen LogP contribution in [0.25, 0.3) is 10.9 Å². The molecule has 0 radical (unpaired) electrons. The van der Waals surface area contributed by atoms with Crippen LogP contribution in [0.5, 0.6) is 11.5 Å². The highest BCUT2D eigenvalue weighted by Gasteiger charge is 2.20. The van der Waals surface area contributed by atoms with Crippen LogP contribution in [0.3, 0.4) is 0 Å². The Hall–Kier alpha value is -3.00. The van der Waals surface area contributed by atoms with E-state index in [1.165, 1.54) is 11.8 Å². The van der Waals surface area contributed by atoms with Gasteiger partial charge in [-0.3, -0.25) is 14.2 Å². The molecule has 0 bridgehead atoms. The average Bonchev–Trinajstić information content (AvgIpc) is 3.25. The molecular weight excluding hydrogens is 426 g/mol. The predicted octanol–water partition coefficient (Wildman–Crippen LogP) is 3.97. The maximum absolute atomic E-state index is 13.1. The van der Waals surface area contributed by atoms with Gasteiger partial charge in [-0.25, -0.2) is 4.98 Å². The van der Waals surface area contributed by atoms with E-state index in [0.29, 0.717) is 46.6 Å². The number of aromatic nitrogens is 2. The molecule has 4 rings (SSSR count). The number of thioether (sulfide) groups is 1. The normalized spacial score (nSPS) is 13.5. The van der Waals surface area contributed by atoms with Gasteiger partial charge < -0.3 is 14.8 Å². The zero-order chi connectivity index (χ0) is 22.7. The fourth-order valence-corrected chi connectivity index (χ4v) is 4.38. The molecule has 2 heterocycles. The molecule has 7 nitrogen and oxygen atoms in total. The molecule has 0 saturated carbocycles. The Bertz CT molecular complexity index is 1190. The number of carbonyl (C=O) groups is 1. The van der Waals surface area contributed by atoms with Gasteiger partial charge >= 0.3 is 0 Å². The lowest BCUT2D eigenvalue weighted by Gasteiger charge is -2.17. The summed E-state index contributed by atoms with van der Waals surface area (Å²) in [6, 6.07) is 13.0. The number of hydrogen-bond donors (Lipinski definition) is 1. The van der Waals surface area contributed by atoms with Crippen molar-refractivity contribution >= 4 is 28.6 Å². The Morgan fingerprint density at radius 2 is 1.94 bits per heavy atom. The van der Waals surface area contributed by atoms with Gasteiger partial charge in [0, 0.05) is 13.1 Å². The van der Waals surface area contributed by atoms with E-state index in [1.807, 2.05) is 43.3 Å². The van der Waals surface area contributed by atoms with E-state index < -0.39 is 5.25 Å². The van der Waals surface area contributed by atoms with Crippen LogP contribution in [0.2, 0.25) is 0 Å². The van der Waals surface area contributed by atoms with Crippen LogP contribution >= 0.6 is 11.8 Å². The molecule has 1 unspecified atom stereocenters. The molecule has 1 aliphatic heterocycles. The van der Waals surface area contributed by atoms with Crippen LogP contribution in [0.1, 0.15) is 32.8 Å². The fraction of sp³-hybridized carbons (Fsp3) is 0.375. The Kier molecular flexibility index (Phi) is 6.69. The van der Waals surface area contributed by atoms with Crippen molar-refractivity contribution in [3.63, 3.8) is 0 Å². The Balaban J connectivity index is 1.49. The van der Waals surface area contributed by atoms with Gasteiger partial charge in [-0.1, -0.05) is 43.8 Å². The summed E-state index contributed by atoms with van der Waals surface area (Å²) in [4.78, 5) is 30.6. The third-order valence-corrected chi connectivity index (χ3v) is 6.40. The fourth-order valence-electron chi connectivity index (χ4n) is 3.42. The van der Waals surface area contributed by atoms with E-state index in [1.54, 1.807) is 10.6 Å². The number of ether oxygens (including phenoxy) is 2. The molecule has 1 aromatic heterocycles. The summed E-state index contributed by atoms with van der Waals surface area (Å²) in [5.41, 5.74) is 1.51. The van der Waals surface area contributed by atoms with Crippen LogP contribution in [-0.2, 0) is 17.9 Å². The third-order valence-electron chi connectivity index (χ3n) is 5.31. The van der Waals surface area contributed by atoms with E-state index >= 15 is 0 Å². The molecular formula is C24H27N3O4S. The number of carbonyl (C=O) groups excluding carboxylic acids is 1. The molecule has 8 heteroatoms. The zero-order valence-corrected chi connectivity index (χ0v) is 19.3. The lowest BCUT2D eigenvalue weighted by atomic mass is 10.1. The molecule has 32 heavy (non-hydrogen) atoms. The van der Waals surface area contributed by atoms with Crippen LogP contribution < -0.4 is 20.3 Å². The summed E-state index contributed by atoms with van der Waals surface area (Å²) in [5, 5.41) is 3.71. The minimum Gasteiger partial charge on any atom is -0.454 e. The highest BCUT2D eigenvalue weighted by Crippen LogP contribution is 2.32. The van der Waals surface area contributed by atoms with Crippen molar-refractivity contribution in [2.45, 2.75) is 50.7 Å². The molecule has 3 aromatic rings. The number of benzene rings is 2. The van der Waals surface area contributed by atoms with Crippen LogP contribution in [0, 0.1) is 5.92 Å². The number of amides is 1. The smallest absolute Gasteiger partial charge is 0.262 e. The molecule has 2 aromatic carbocycles. The second kappa shape index (κ2) is 9.65. The number of para-hydroxylation sites is 1. The van der Waals surface area contributed by atoms with Crippen molar-refractivity contribution in [3.8, 4) is 11.5 Å². The molecule has 0 saturated heterocycles. The van der Waals surface area contributed by atoms with Crippen molar-refractivity contribution in [1.29, 1.82) is 0 Å². The summed E-state index contributed by atoms with van der Waals surface area (Å²) >= 11 is 1.31. The van der Waals surface area contributed by atoms with Crippen molar-refractivity contribution < 1.29 is 14.3 Å². The quantitative estimate of drug-likeness (QED) is 0.411. The van der Waals surface area contributed by atoms with E-state index in [-0.39, 0.29) is 18.3 Å². The zero-order valence-electron chi connectivity index (χ0n) is 18.5. The van der Waals surface area contributed by atoms with Gasteiger partial charge in [-0.15, -0.1) is 0 Å². The van der Waals surface area contributed by atoms with Crippen LogP contribution in [0.4, 0.5) is 0 Å². The second-order valence-corrected chi connectivity index (χ2v) is 9.52. The van der Waals surface area contributed by atoms with Crippen molar-refractivity contribution in [2.75, 3.05) is 6.79 Å². The lowest BCUT2D eigenvalue weighted by Crippen LogP contribution is -2.31. The summed E-state index contributed by atoms with van der Waals surface area (Å²) < 4.78 is 12.4. The average molecular weight is 454 g/mol. The summed E-state index contributed by atoms with van der Waals surface area (Å²) in [6.45, 7) is 7.24. The number of hydrogen-bond acceptors (Lipinski definition) is 6. The molecule has 1 amide bonds. The van der Waals surface area contributed by atoms with Gasteiger partial charge in [0.15, 0.2) is 16.7 Å². The topological polar surface area (TPSA) is 82.5 Å². The van der Waals surface area contributed by atoms with Gasteiger partial charge in [-0.2, -0.15) is 0 Å². The van der Waals surface area contributed by atoms with E-state index in [4.69, 9.17) is 14.5 Å². The molecule has 1 atom stereocenters. The minimum absolute atomic E-state index is 0.0632. The monoisotopic (exact) mass is 453 g/mol. The summed E-state index contributed by atoms with van der Waals surface area (Å²) in [6.07, 6.45) is 0.859. The minimum atomic E-state index is -0.414. The number of fused-ring (bicyclic) bond motifs is 2. The molecule has 0 fully saturated rings. The van der Waals surface area contributed by atoms with Crippen molar-refractivity contribution in [3.05, 3.63) is 58.4 Å².